The molecule has 0 fully saturated rings. The number of benzene rings is 1. The molecule has 0 aliphatic rings. The number of aliphatic hydroxyl groups excluding tert-OH is 1. The molecule has 5 nitrogen and oxygen atoms in total. The number of nitrogens with zero attached hydrogens (tertiary/aromatic N) is 1. The van der Waals surface area contributed by atoms with Gasteiger partial charge in [0.2, 0.25) is 10.0 Å². The summed E-state index contributed by atoms with van der Waals surface area (Å²) in [5, 5.41) is 9.30. The van der Waals surface area contributed by atoms with Crippen molar-refractivity contribution in [2.45, 2.75) is 17.9 Å². The van der Waals surface area contributed by atoms with E-state index in [0.717, 1.165) is 6.20 Å². The van der Waals surface area contributed by atoms with E-state index in [2.05, 4.69) is 9.71 Å². The van der Waals surface area contributed by atoms with E-state index < -0.39 is 21.9 Å². The minimum absolute atomic E-state index is 0.00450. The number of halogens is 1. The summed E-state index contributed by atoms with van der Waals surface area (Å²) < 4.78 is 40.4. The van der Waals surface area contributed by atoms with Crippen molar-refractivity contribution in [1.29, 1.82) is 0 Å². The lowest BCUT2D eigenvalue weighted by molar-refractivity contribution is 0.265. The first kappa shape index (κ1) is 13.9. The van der Waals surface area contributed by atoms with E-state index >= 15 is 0 Å². The Bertz CT molecular complexity index is 698. The molecule has 1 atom stereocenters. The van der Waals surface area contributed by atoms with Crippen molar-refractivity contribution in [3.05, 3.63) is 36.4 Å². The highest BCUT2D eigenvalue weighted by Gasteiger charge is 2.21. The van der Waals surface area contributed by atoms with Crippen LogP contribution in [0.1, 0.15) is 6.92 Å². The first-order chi connectivity index (χ1) is 8.95. The molecule has 2 N–H and O–H groups in total. The molecule has 1 heterocycles. The molecule has 0 bridgehead atoms. The van der Waals surface area contributed by atoms with Gasteiger partial charge in [0.05, 0.1) is 17.7 Å². The predicted molar refractivity (Wildman–Crippen MR) is 68.6 cm³/mol. The predicted octanol–water partition coefficient (Wildman–Crippen LogP) is 1.03. The third kappa shape index (κ3) is 2.73. The summed E-state index contributed by atoms with van der Waals surface area (Å²) in [4.78, 5) is 3.52. The van der Waals surface area contributed by atoms with Gasteiger partial charge in [-0.15, -0.1) is 0 Å². The van der Waals surface area contributed by atoms with E-state index in [-0.39, 0.29) is 16.9 Å². The largest absolute Gasteiger partial charge is 0.395 e. The lowest BCUT2D eigenvalue weighted by Crippen LogP contribution is -2.35. The number of fused-ring (bicyclic) bond motifs is 1. The number of aromatic nitrogens is 1. The van der Waals surface area contributed by atoms with Gasteiger partial charge in [-0.25, -0.2) is 17.5 Å². The highest BCUT2D eigenvalue weighted by molar-refractivity contribution is 7.89. The van der Waals surface area contributed by atoms with Crippen LogP contribution in [0.4, 0.5) is 4.39 Å². The van der Waals surface area contributed by atoms with Crippen LogP contribution in [-0.4, -0.2) is 31.2 Å². The second-order valence-electron chi connectivity index (χ2n) is 4.18. The number of rotatable bonds is 4. The summed E-state index contributed by atoms with van der Waals surface area (Å²) in [6.07, 6.45) is 2.36. The molecule has 102 valence electrons. The van der Waals surface area contributed by atoms with Gasteiger partial charge in [-0.3, -0.25) is 4.98 Å². The van der Waals surface area contributed by atoms with Gasteiger partial charge >= 0.3 is 0 Å². The molecule has 0 saturated heterocycles. The van der Waals surface area contributed by atoms with Crippen LogP contribution in [0.2, 0.25) is 0 Å². The maximum atomic E-state index is 13.8. The van der Waals surface area contributed by atoms with Crippen LogP contribution in [-0.2, 0) is 10.0 Å². The van der Waals surface area contributed by atoms with E-state index in [1.807, 2.05) is 0 Å². The van der Waals surface area contributed by atoms with Crippen LogP contribution in [0.15, 0.2) is 35.5 Å². The number of hydrogen-bond donors (Lipinski definition) is 2. The highest BCUT2D eigenvalue weighted by atomic mass is 32.2. The van der Waals surface area contributed by atoms with Crippen LogP contribution >= 0.6 is 0 Å². The molecular weight excluding hydrogens is 271 g/mol. The zero-order valence-electron chi connectivity index (χ0n) is 10.2. The maximum Gasteiger partial charge on any atom is 0.241 e. The fourth-order valence-electron chi connectivity index (χ4n) is 1.75. The summed E-state index contributed by atoms with van der Waals surface area (Å²) >= 11 is 0. The Morgan fingerprint density at radius 2 is 2.16 bits per heavy atom. The minimum atomic E-state index is -3.90. The molecule has 0 unspecified atom stereocenters. The molecule has 1 aromatic carbocycles. The number of aliphatic hydroxyl groups is 1. The van der Waals surface area contributed by atoms with Crippen LogP contribution in [0, 0.1) is 5.82 Å². The second kappa shape index (κ2) is 5.20. The van der Waals surface area contributed by atoms with Crippen molar-refractivity contribution in [2.75, 3.05) is 6.61 Å². The summed E-state index contributed by atoms with van der Waals surface area (Å²) in [7, 11) is -3.90. The smallest absolute Gasteiger partial charge is 0.241 e. The Kier molecular flexibility index (Phi) is 3.79. The lowest BCUT2D eigenvalue weighted by atomic mass is 10.2. The van der Waals surface area contributed by atoms with E-state index in [4.69, 9.17) is 5.11 Å². The topological polar surface area (TPSA) is 79.3 Å². The molecule has 0 aliphatic heterocycles. The van der Waals surface area contributed by atoms with Crippen molar-refractivity contribution in [2.24, 2.45) is 0 Å². The molecule has 2 aromatic rings. The molecule has 0 spiro atoms. The minimum Gasteiger partial charge on any atom is -0.395 e. The Hall–Kier alpha value is -1.57. The van der Waals surface area contributed by atoms with Crippen LogP contribution in [0.25, 0.3) is 10.8 Å². The Morgan fingerprint density at radius 3 is 2.84 bits per heavy atom. The molecule has 1 aromatic heterocycles. The van der Waals surface area contributed by atoms with Crippen molar-refractivity contribution < 1.29 is 17.9 Å². The zero-order chi connectivity index (χ0) is 14.0. The second-order valence-corrected chi connectivity index (χ2v) is 5.86. The lowest BCUT2D eigenvalue weighted by Gasteiger charge is -2.13. The third-order valence-electron chi connectivity index (χ3n) is 2.62. The number of hydrogen-bond acceptors (Lipinski definition) is 4. The van der Waals surface area contributed by atoms with Gasteiger partial charge in [0.15, 0.2) is 5.82 Å². The van der Waals surface area contributed by atoms with Crippen molar-refractivity contribution in [3.8, 4) is 0 Å². The van der Waals surface area contributed by atoms with Crippen molar-refractivity contribution in [3.63, 3.8) is 0 Å². The molecule has 0 amide bonds. The average molecular weight is 284 g/mol. The summed E-state index contributed by atoms with van der Waals surface area (Å²) in [6.45, 7) is 1.18. The molecule has 2 rings (SSSR count). The molecule has 0 saturated carbocycles. The molecule has 0 radical (unpaired) electrons. The average Bonchev–Trinajstić information content (AvgIpc) is 2.38. The Labute approximate surface area is 110 Å². The van der Waals surface area contributed by atoms with Crippen molar-refractivity contribution >= 4 is 20.8 Å². The quantitative estimate of drug-likeness (QED) is 0.879. The zero-order valence-corrected chi connectivity index (χ0v) is 11.0. The molecule has 0 aliphatic carbocycles. The monoisotopic (exact) mass is 284 g/mol. The van der Waals surface area contributed by atoms with Gasteiger partial charge < -0.3 is 5.11 Å². The van der Waals surface area contributed by atoms with E-state index in [1.165, 1.54) is 25.3 Å². The van der Waals surface area contributed by atoms with Gasteiger partial charge in [0, 0.05) is 23.0 Å². The number of nitrogens with one attached hydrogen (secondary N) is 1. The fraction of sp³-hybridized carbons (Fsp3) is 0.250. The molecule has 19 heavy (non-hydrogen) atoms. The Morgan fingerprint density at radius 1 is 1.42 bits per heavy atom. The summed E-state index contributed by atoms with van der Waals surface area (Å²) in [6, 6.07) is 3.77. The highest BCUT2D eigenvalue weighted by Crippen LogP contribution is 2.24. The molecular formula is C12H13FN2O3S. The first-order valence-electron chi connectivity index (χ1n) is 5.61. The van der Waals surface area contributed by atoms with Gasteiger partial charge in [-0.2, -0.15) is 0 Å². The van der Waals surface area contributed by atoms with Crippen molar-refractivity contribution in [1.82, 2.24) is 9.71 Å². The van der Waals surface area contributed by atoms with Crippen LogP contribution in [0.5, 0.6) is 0 Å². The van der Waals surface area contributed by atoms with E-state index in [1.54, 1.807) is 6.07 Å². The van der Waals surface area contributed by atoms with E-state index in [0.29, 0.717) is 5.39 Å². The number of sulfonamides is 1. The SMILES string of the molecule is C[C@H](CO)NS(=O)(=O)c1cccc2cncc(F)c12. The summed E-state index contributed by atoms with van der Waals surface area (Å²) in [5.74, 6) is -0.699. The number of pyridine rings is 1. The first-order valence-corrected chi connectivity index (χ1v) is 7.09. The fourth-order valence-corrected chi connectivity index (χ4v) is 3.22. The van der Waals surface area contributed by atoms with Gasteiger partial charge in [-0.1, -0.05) is 12.1 Å². The Balaban J connectivity index is 2.63. The van der Waals surface area contributed by atoms with Gasteiger partial charge in [0.25, 0.3) is 0 Å². The normalized spacial score (nSPS) is 13.6. The van der Waals surface area contributed by atoms with E-state index in [9.17, 15) is 12.8 Å². The van der Waals surface area contributed by atoms with Gasteiger partial charge in [-0.05, 0) is 13.0 Å². The van der Waals surface area contributed by atoms with Crippen LogP contribution < -0.4 is 4.72 Å². The summed E-state index contributed by atoms with van der Waals surface area (Å²) in [5.41, 5.74) is 0. The van der Waals surface area contributed by atoms with Gasteiger partial charge in [0.1, 0.15) is 0 Å². The maximum absolute atomic E-state index is 13.8. The molecule has 7 heteroatoms. The van der Waals surface area contributed by atoms with Crippen LogP contribution in [0.3, 0.4) is 0 Å². The standard InChI is InChI=1S/C12H13FN2O3S/c1-8(7-16)15-19(17,18)11-4-2-3-9-5-14-6-10(13)12(9)11/h2-6,8,15-16H,7H2,1H3/t8-/m1/s1. The third-order valence-corrected chi connectivity index (χ3v) is 4.25.